The molecule has 1 rings (SSSR count). The van der Waals surface area contributed by atoms with Crippen LogP contribution in [0.2, 0.25) is 0 Å². The van der Waals surface area contributed by atoms with Crippen LogP contribution in [-0.4, -0.2) is 67.6 Å². The van der Waals surface area contributed by atoms with Crippen LogP contribution in [0, 0.1) is 0 Å². The summed E-state index contributed by atoms with van der Waals surface area (Å²) >= 11 is 0. The van der Waals surface area contributed by atoms with Crippen molar-refractivity contribution in [3.63, 3.8) is 0 Å². The third-order valence-electron chi connectivity index (χ3n) is 3.43. The van der Waals surface area contributed by atoms with Gasteiger partial charge in [0.05, 0.1) is 6.04 Å². The average molecular weight is 256 g/mol. The number of nitrogens with two attached hydrogens (primary N) is 1. The highest BCUT2D eigenvalue weighted by Crippen LogP contribution is 2.19. The number of amides is 1. The quantitative estimate of drug-likeness (QED) is 0.603. The predicted octanol–water partition coefficient (Wildman–Crippen LogP) is -0.136. The second kappa shape index (κ2) is 7.07. The first-order valence-corrected chi connectivity index (χ1v) is 6.88. The monoisotopic (exact) mass is 256 g/mol. The van der Waals surface area contributed by atoms with Crippen LogP contribution >= 0.6 is 0 Å². The molecule has 0 bridgehead atoms. The molecule has 1 aliphatic rings. The number of hydrogen-bond acceptors (Lipinski definition) is 4. The Morgan fingerprint density at radius 3 is 2.39 bits per heavy atom. The first-order chi connectivity index (χ1) is 8.43. The van der Waals surface area contributed by atoms with Gasteiger partial charge in [-0.15, -0.1) is 0 Å². The summed E-state index contributed by atoms with van der Waals surface area (Å²) in [6.45, 7) is 6.95. The van der Waals surface area contributed by atoms with E-state index in [-0.39, 0.29) is 11.9 Å². The number of rotatable bonds is 9. The molecule has 0 heterocycles. The molecule has 0 saturated heterocycles. The van der Waals surface area contributed by atoms with E-state index in [9.17, 15) is 4.79 Å². The lowest BCUT2D eigenvalue weighted by molar-refractivity contribution is -0.120. The number of likely N-dealkylation sites (N-methyl/N-ethyl adjacent to an activating group) is 2. The molecule has 0 aromatic rings. The second-order valence-corrected chi connectivity index (χ2v) is 5.59. The van der Waals surface area contributed by atoms with Crippen LogP contribution < -0.4 is 11.1 Å². The molecule has 5 heteroatoms. The fourth-order valence-electron chi connectivity index (χ4n) is 2.26. The van der Waals surface area contributed by atoms with E-state index in [4.69, 9.17) is 5.73 Å². The van der Waals surface area contributed by atoms with Crippen molar-refractivity contribution in [2.75, 3.05) is 33.7 Å². The molecular formula is C13H28N4O. The molecule has 0 aromatic heterocycles. The first-order valence-electron chi connectivity index (χ1n) is 6.88. The molecule has 1 saturated carbocycles. The summed E-state index contributed by atoms with van der Waals surface area (Å²) in [5.41, 5.74) is 5.48. The molecule has 0 aromatic carbocycles. The van der Waals surface area contributed by atoms with E-state index in [1.54, 1.807) is 0 Å². The number of nitrogens with zero attached hydrogens (tertiary/aromatic N) is 2. The predicted molar refractivity (Wildman–Crippen MR) is 74.4 cm³/mol. The molecule has 0 radical (unpaired) electrons. The van der Waals surface area contributed by atoms with E-state index in [0.29, 0.717) is 18.6 Å². The van der Waals surface area contributed by atoms with Crippen molar-refractivity contribution in [1.82, 2.24) is 15.1 Å². The van der Waals surface area contributed by atoms with Crippen LogP contribution in [0.1, 0.15) is 26.7 Å². The topological polar surface area (TPSA) is 61.6 Å². The smallest absolute Gasteiger partial charge is 0.235 e. The highest BCUT2D eigenvalue weighted by molar-refractivity contribution is 5.80. The Hall–Kier alpha value is -0.650. The minimum Gasteiger partial charge on any atom is -0.368 e. The molecule has 2 atom stereocenters. The third kappa shape index (κ3) is 5.33. The molecule has 106 valence electrons. The summed E-state index contributed by atoms with van der Waals surface area (Å²) in [4.78, 5) is 16.0. The first kappa shape index (κ1) is 15.4. The number of carbonyl (C=O) groups is 1. The Bertz CT molecular complexity index is 266. The zero-order chi connectivity index (χ0) is 13.7. The lowest BCUT2D eigenvalue weighted by Gasteiger charge is -2.32. The Morgan fingerprint density at radius 1 is 1.39 bits per heavy atom. The van der Waals surface area contributed by atoms with Gasteiger partial charge in [0.1, 0.15) is 0 Å². The van der Waals surface area contributed by atoms with E-state index in [1.165, 1.54) is 12.8 Å². The second-order valence-electron chi connectivity index (χ2n) is 5.59. The Kier molecular flexibility index (Phi) is 6.05. The lowest BCUT2D eigenvalue weighted by Crippen LogP contribution is -2.53. The van der Waals surface area contributed by atoms with E-state index in [0.717, 1.165) is 13.1 Å². The highest BCUT2D eigenvalue weighted by Gasteiger charge is 2.29. The van der Waals surface area contributed by atoms with Crippen LogP contribution in [0.25, 0.3) is 0 Å². The maximum Gasteiger partial charge on any atom is 0.235 e. The standard InChI is InChI=1S/C13H28N4O/c1-5-17(10(2)8-16(3)4)9-12(13(14)18)15-11-6-7-11/h10-12,15H,5-9H2,1-4H3,(H2,14,18). The van der Waals surface area contributed by atoms with Crippen LogP contribution in [0.5, 0.6) is 0 Å². The van der Waals surface area contributed by atoms with E-state index < -0.39 is 0 Å². The molecule has 1 fully saturated rings. The molecule has 0 spiro atoms. The number of nitrogens with one attached hydrogen (secondary N) is 1. The van der Waals surface area contributed by atoms with Gasteiger partial charge in [-0.3, -0.25) is 9.69 Å². The molecule has 1 aliphatic carbocycles. The van der Waals surface area contributed by atoms with Crippen molar-refractivity contribution in [2.45, 2.75) is 44.8 Å². The number of carbonyl (C=O) groups excluding carboxylic acids is 1. The van der Waals surface area contributed by atoms with Crippen molar-refractivity contribution in [3.05, 3.63) is 0 Å². The summed E-state index contributed by atoms with van der Waals surface area (Å²) in [5.74, 6) is -0.239. The van der Waals surface area contributed by atoms with Gasteiger partial charge in [0.15, 0.2) is 0 Å². The summed E-state index contributed by atoms with van der Waals surface area (Å²) in [5, 5.41) is 3.33. The van der Waals surface area contributed by atoms with Gasteiger partial charge in [0.2, 0.25) is 5.91 Å². The SMILES string of the molecule is CCN(CC(NC1CC1)C(N)=O)C(C)CN(C)C. The summed E-state index contributed by atoms with van der Waals surface area (Å²) in [6.07, 6.45) is 2.34. The fourth-order valence-corrected chi connectivity index (χ4v) is 2.26. The third-order valence-corrected chi connectivity index (χ3v) is 3.43. The van der Waals surface area contributed by atoms with Gasteiger partial charge in [0, 0.05) is 25.2 Å². The van der Waals surface area contributed by atoms with Gasteiger partial charge in [0.25, 0.3) is 0 Å². The van der Waals surface area contributed by atoms with Crippen molar-refractivity contribution in [2.24, 2.45) is 5.73 Å². The normalized spacial score (nSPS) is 19.2. The lowest BCUT2D eigenvalue weighted by atomic mass is 10.2. The molecule has 18 heavy (non-hydrogen) atoms. The summed E-state index contributed by atoms with van der Waals surface area (Å²) in [7, 11) is 4.14. The minimum atomic E-state index is -0.239. The van der Waals surface area contributed by atoms with Crippen molar-refractivity contribution in [3.8, 4) is 0 Å². The van der Waals surface area contributed by atoms with Crippen LogP contribution in [0.15, 0.2) is 0 Å². The van der Waals surface area contributed by atoms with Crippen LogP contribution in [0.3, 0.4) is 0 Å². The van der Waals surface area contributed by atoms with E-state index >= 15 is 0 Å². The summed E-state index contributed by atoms with van der Waals surface area (Å²) in [6, 6.07) is 0.709. The van der Waals surface area contributed by atoms with Crippen molar-refractivity contribution in [1.29, 1.82) is 0 Å². The van der Waals surface area contributed by atoms with Crippen molar-refractivity contribution >= 4 is 5.91 Å². The van der Waals surface area contributed by atoms with Gasteiger partial charge in [-0.1, -0.05) is 6.92 Å². The zero-order valence-electron chi connectivity index (χ0n) is 12.1. The summed E-state index contributed by atoms with van der Waals surface area (Å²) < 4.78 is 0. The van der Waals surface area contributed by atoms with E-state index in [2.05, 4.69) is 43.1 Å². The largest absolute Gasteiger partial charge is 0.368 e. The van der Waals surface area contributed by atoms with Gasteiger partial charge in [-0.05, 0) is 40.4 Å². The maximum atomic E-state index is 11.5. The molecule has 3 N–H and O–H groups in total. The molecule has 2 unspecified atom stereocenters. The van der Waals surface area contributed by atoms with Crippen LogP contribution in [-0.2, 0) is 4.79 Å². The molecule has 5 nitrogen and oxygen atoms in total. The molecular weight excluding hydrogens is 228 g/mol. The minimum absolute atomic E-state index is 0.220. The van der Waals surface area contributed by atoms with Crippen molar-refractivity contribution < 1.29 is 4.79 Å². The maximum absolute atomic E-state index is 11.5. The Morgan fingerprint density at radius 2 is 2.00 bits per heavy atom. The molecule has 1 amide bonds. The van der Waals surface area contributed by atoms with Gasteiger partial charge >= 0.3 is 0 Å². The Balaban J connectivity index is 2.49. The molecule has 0 aliphatic heterocycles. The highest BCUT2D eigenvalue weighted by atomic mass is 16.1. The Labute approximate surface area is 111 Å². The van der Waals surface area contributed by atoms with Gasteiger partial charge in [-0.2, -0.15) is 0 Å². The number of hydrogen-bond donors (Lipinski definition) is 2. The van der Waals surface area contributed by atoms with Gasteiger partial charge in [-0.25, -0.2) is 0 Å². The van der Waals surface area contributed by atoms with E-state index in [1.807, 2.05) is 0 Å². The average Bonchev–Trinajstić information content (AvgIpc) is 3.06. The fraction of sp³-hybridized carbons (Fsp3) is 0.923. The van der Waals surface area contributed by atoms with Gasteiger partial charge < -0.3 is 16.0 Å². The zero-order valence-corrected chi connectivity index (χ0v) is 12.1. The van der Waals surface area contributed by atoms with Crippen LogP contribution in [0.4, 0.5) is 0 Å². The number of primary amides is 1.